The van der Waals surface area contributed by atoms with Crippen molar-refractivity contribution in [2.24, 2.45) is 5.73 Å². The lowest BCUT2D eigenvalue weighted by Crippen LogP contribution is -2.17. The van der Waals surface area contributed by atoms with Gasteiger partial charge in [0.1, 0.15) is 0 Å². The van der Waals surface area contributed by atoms with Crippen molar-refractivity contribution in [2.45, 2.75) is 19.3 Å². The van der Waals surface area contributed by atoms with Crippen molar-refractivity contribution in [3.63, 3.8) is 0 Å². The van der Waals surface area contributed by atoms with Crippen LogP contribution in [0.2, 0.25) is 0 Å². The van der Waals surface area contributed by atoms with Gasteiger partial charge in [0.15, 0.2) is 0 Å². The Morgan fingerprint density at radius 2 is 2.27 bits per heavy atom. The van der Waals surface area contributed by atoms with Crippen molar-refractivity contribution in [1.29, 1.82) is 0 Å². The first-order valence-corrected chi connectivity index (χ1v) is 3.60. The number of terminal acetylenes is 1. The van der Waals surface area contributed by atoms with Crippen LogP contribution in [0.5, 0.6) is 0 Å². The molecule has 0 saturated heterocycles. The molecule has 3 heteroatoms. The molecular weight excluding hydrogens is 142 g/mol. The molecule has 0 rings (SSSR count). The first-order valence-electron chi connectivity index (χ1n) is 3.60. The van der Waals surface area contributed by atoms with Crippen LogP contribution in [-0.4, -0.2) is 19.1 Å². The quantitative estimate of drug-likeness (QED) is 0.353. The van der Waals surface area contributed by atoms with Crippen LogP contribution in [-0.2, 0) is 9.53 Å². The Hall–Kier alpha value is -1.01. The normalized spacial score (nSPS) is 8.73. The lowest BCUT2D eigenvalue weighted by Gasteiger charge is -2.00. The molecule has 0 aromatic rings. The maximum absolute atomic E-state index is 10.5. The van der Waals surface area contributed by atoms with Gasteiger partial charge in [0, 0.05) is 6.42 Å². The molecule has 0 aliphatic carbocycles. The molecule has 3 nitrogen and oxygen atoms in total. The maximum atomic E-state index is 10.5. The summed E-state index contributed by atoms with van der Waals surface area (Å²) < 4.78 is 4.71. The van der Waals surface area contributed by atoms with E-state index in [0.29, 0.717) is 6.61 Å². The number of hydrogen-bond donors (Lipinski definition) is 1. The zero-order valence-corrected chi connectivity index (χ0v) is 6.51. The molecule has 11 heavy (non-hydrogen) atoms. The summed E-state index contributed by atoms with van der Waals surface area (Å²) in [4.78, 5) is 10.5. The van der Waals surface area contributed by atoms with Crippen LogP contribution in [0, 0.1) is 12.3 Å². The monoisotopic (exact) mass is 155 g/mol. The Balaban J connectivity index is 3.03. The summed E-state index contributed by atoms with van der Waals surface area (Å²) in [5, 5.41) is 0. The smallest absolute Gasteiger partial charge is 0.319 e. The minimum atomic E-state index is -0.356. The zero-order chi connectivity index (χ0) is 8.53. The number of nitrogens with two attached hydrogens (primary N) is 1. The molecule has 0 spiro atoms. The van der Waals surface area contributed by atoms with Crippen molar-refractivity contribution in [1.82, 2.24) is 0 Å². The molecule has 0 heterocycles. The standard InChI is InChI=1S/C8H13NO2/c1-2-3-4-5-6-11-8(10)7-9/h1H,3-7,9H2. The number of ether oxygens (including phenoxy) is 1. The first-order chi connectivity index (χ1) is 5.31. The summed E-state index contributed by atoms with van der Waals surface area (Å²) in [6.45, 7) is 0.382. The van der Waals surface area contributed by atoms with Crippen molar-refractivity contribution in [2.75, 3.05) is 13.2 Å². The van der Waals surface area contributed by atoms with Gasteiger partial charge in [-0.2, -0.15) is 0 Å². The number of hydrogen-bond acceptors (Lipinski definition) is 3. The fourth-order valence-corrected chi connectivity index (χ4v) is 0.574. The second-order valence-corrected chi connectivity index (χ2v) is 2.09. The minimum Gasteiger partial charge on any atom is -0.465 e. The van der Waals surface area contributed by atoms with Gasteiger partial charge in [-0.05, 0) is 12.8 Å². The lowest BCUT2D eigenvalue weighted by molar-refractivity contribution is -0.142. The predicted octanol–water partition coefficient (Wildman–Crippen LogP) is 0.292. The molecule has 2 N–H and O–H groups in total. The van der Waals surface area contributed by atoms with Crippen LogP contribution < -0.4 is 5.73 Å². The maximum Gasteiger partial charge on any atom is 0.319 e. The third-order valence-corrected chi connectivity index (χ3v) is 1.15. The molecule has 0 atom stereocenters. The van der Waals surface area contributed by atoms with Crippen LogP contribution >= 0.6 is 0 Å². The third kappa shape index (κ3) is 6.88. The molecule has 0 aliphatic heterocycles. The molecule has 0 radical (unpaired) electrons. The molecule has 0 fully saturated rings. The highest BCUT2D eigenvalue weighted by atomic mass is 16.5. The molecule has 0 aliphatic rings. The molecule has 0 aromatic carbocycles. The summed E-state index contributed by atoms with van der Waals surface area (Å²) in [5.74, 6) is 2.15. The molecular formula is C8H13NO2. The van der Waals surface area contributed by atoms with Crippen LogP contribution in [0.3, 0.4) is 0 Å². The van der Waals surface area contributed by atoms with E-state index in [1.807, 2.05) is 0 Å². The summed E-state index contributed by atoms with van der Waals surface area (Å²) in [6.07, 6.45) is 7.47. The predicted molar refractivity (Wildman–Crippen MR) is 42.7 cm³/mol. The summed E-state index contributed by atoms with van der Waals surface area (Å²) in [5.41, 5.74) is 5.01. The molecule has 0 saturated carbocycles. The Bertz CT molecular complexity index is 149. The van der Waals surface area contributed by atoms with Crippen molar-refractivity contribution >= 4 is 5.97 Å². The van der Waals surface area contributed by atoms with Crippen LogP contribution in [0.4, 0.5) is 0 Å². The van der Waals surface area contributed by atoms with E-state index in [4.69, 9.17) is 16.9 Å². The fourth-order valence-electron chi connectivity index (χ4n) is 0.574. The molecule has 0 aromatic heterocycles. The Morgan fingerprint density at radius 3 is 2.82 bits per heavy atom. The van der Waals surface area contributed by atoms with Gasteiger partial charge in [-0.25, -0.2) is 0 Å². The summed E-state index contributed by atoms with van der Waals surface area (Å²) in [7, 11) is 0. The number of carbonyl (C=O) groups excluding carboxylic acids is 1. The average Bonchev–Trinajstić information content (AvgIpc) is 2.04. The number of carbonyl (C=O) groups is 1. The van der Waals surface area contributed by atoms with Crippen molar-refractivity contribution < 1.29 is 9.53 Å². The summed E-state index contributed by atoms with van der Waals surface area (Å²) >= 11 is 0. The fraction of sp³-hybridized carbons (Fsp3) is 0.625. The Kier molecular flexibility index (Phi) is 6.45. The van der Waals surface area contributed by atoms with Gasteiger partial charge in [0.2, 0.25) is 0 Å². The van der Waals surface area contributed by atoms with Gasteiger partial charge in [-0.3, -0.25) is 4.79 Å². The van der Waals surface area contributed by atoms with Gasteiger partial charge in [-0.1, -0.05) is 0 Å². The van der Waals surface area contributed by atoms with E-state index in [9.17, 15) is 4.79 Å². The van der Waals surface area contributed by atoms with E-state index in [-0.39, 0.29) is 12.5 Å². The largest absolute Gasteiger partial charge is 0.465 e. The summed E-state index contributed by atoms with van der Waals surface area (Å²) in [6, 6.07) is 0. The highest BCUT2D eigenvalue weighted by Gasteiger charge is 1.96. The van der Waals surface area contributed by atoms with E-state index >= 15 is 0 Å². The van der Waals surface area contributed by atoms with Gasteiger partial charge in [-0.15, -0.1) is 12.3 Å². The SMILES string of the molecule is C#CCCCCOC(=O)CN. The molecule has 0 unspecified atom stereocenters. The van der Waals surface area contributed by atoms with E-state index in [0.717, 1.165) is 19.3 Å². The van der Waals surface area contributed by atoms with Gasteiger partial charge >= 0.3 is 5.97 Å². The average molecular weight is 155 g/mol. The van der Waals surface area contributed by atoms with Crippen LogP contribution in [0.1, 0.15) is 19.3 Å². The Morgan fingerprint density at radius 1 is 1.55 bits per heavy atom. The van der Waals surface area contributed by atoms with Crippen LogP contribution in [0.25, 0.3) is 0 Å². The van der Waals surface area contributed by atoms with Crippen molar-refractivity contribution in [3.8, 4) is 12.3 Å². The van der Waals surface area contributed by atoms with E-state index in [1.165, 1.54) is 0 Å². The highest BCUT2D eigenvalue weighted by Crippen LogP contribution is 1.93. The van der Waals surface area contributed by atoms with Crippen LogP contribution in [0.15, 0.2) is 0 Å². The van der Waals surface area contributed by atoms with E-state index in [2.05, 4.69) is 5.92 Å². The number of esters is 1. The topological polar surface area (TPSA) is 52.3 Å². The lowest BCUT2D eigenvalue weighted by atomic mass is 10.2. The highest BCUT2D eigenvalue weighted by molar-refractivity contribution is 5.71. The zero-order valence-electron chi connectivity index (χ0n) is 6.51. The number of unbranched alkanes of at least 4 members (excludes halogenated alkanes) is 2. The van der Waals surface area contributed by atoms with Gasteiger partial charge in [0.25, 0.3) is 0 Å². The second kappa shape index (κ2) is 7.10. The minimum absolute atomic E-state index is 0.0465. The third-order valence-electron chi connectivity index (χ3n) is 1.15. The van der Waals surface area contributed by atoms with Gasteiger partial charge in [0.05, 0.1) is 13.2 Å². The molecule has 0 amide bonds. The Labute approximate surface area is 66.9 Å². The second-order valence-electron chi connectivity index (χ2n) is 2.09. The number of rotatable bonds is 5. The van der Waals surface area contributed by atoms with E-state index < -0.39 is 0 Å². The molecule has 0 bridgehead atoms. The van der Waals surface area contributed by atoms with Gasteiger partial charge < -0.3 is 10.5 Å². The molecule has 62 valence electrons. The first kappa shape index (κ1) is 9.99. The van der Waals surface area contributed by atoms with E-state index in [1.54, 1.807) is 0 Å². The van der Waals surface area contributed by atoms with Crippen molar-refractivity contribution in [3.05, 3.63) is 0 Å².